The van der Waals surface area contributed by atoms with Gasteiger partial charge in [-0.2, -0.15) is 18.2 Å². The predicted molar refractivity (Wildman–Crippen MR) is 135 cm³/mol. The molecule has 0 atom stereocenters. The van der Waals surface area contributed by atoms with Crippen LogP contribution in [-0.4, -0.2) is 26.7 Å². The third-order valence-corrected chi connectivity index (χ3v) is 6.94. The number of H-pyrrole nitrogens is 1. The van der Waals surface area contributed by atoms with Crippen LogP contribution in [-0.2, 0) is 17.4 Å². The third-order valence-electron chi connectivity index (χ3n) is 6.61. The first kappa shape index (κ1) is 29.4. The number of carbonyl (C=O) groups excluding carboxylic acids is 1. The Balaban J connectivity index is 1.98. The SMILES string of the molecule is CC(C)c1cc(-c2nc(-c3cc(CCC(=O)C(C)(C)C(C)(F)F)ccc3Cl)[nH]c(=O)n2)ccc1C(F)(F)F. The lowest BCUT2D eigenvalue weighted by Crippen LogP contribution is -2.40. The summed E-state index contributed by atoms with van der Waals surface area (Å²) in [4.78, 5) is 35.5. The van der Waals surface area contributed by atoms with Gasteiger partial charge in [0.25, 0.3) is 5.92 Å². The summed E-state index contributed by atoms with van der Waals surface area (Å²) in [5.74, 6) is -4.34. The smallest absolute Gasteiger partial charge is 0.299 e. The number of nitrogens with zero attached hydrogens (tertiary/aromatic N) is 2. The van der Waals surface area contributed by atoms with Crippen molar-refractivity contribution in [1.29, 1.82) is 0 Å². The second kappa shape index (κ2) is 10.6. The van der Waals surface area contributed by atoms with E-state index in [0.717, 1.165) is 6.07 Å². The first-order valence-electron chi connectivity index (χ1n) is 11.8. The van der Waals surface area contributed by atoms with Gasteiger partial charge >= 0.3 is 11.9 Å². The molecule has 1 N–H and O–H groups in total. The topological polar surface area (TPSA) is 75.7 Å². The molecule has 11 heteroatoms. The monoisotopic (exact) mass is 555 g/mol. The highest BCUT2D eigenvalue weighted by molar-refractivity contribution is 6.33. The average molecular weight is 556 g/mol. The van der Waals surface area contributed by atoms with Crippen molar-refractivity contribution in [2.24, 2.45) is 5.41 Å². The molecule has 38 heavy (non-hydrogen) atoms. The van der Waals surface area contributed by atoms with Crippen LogP contribution in [0.2, 0.25) is 5.02 Å². The van der Waals surface area contributed by atoms with Gasteiger partial charge in [-0.15, -0.1) is 0 Å². The van der Waals surface area contributed by atoms with E-state index in [2.05, 4.69) is 15.0 Å². The molecule has 3 aromatic rings. The van der Waals surface area contributed by atoms with Gasteiger partial charge in [-0.1, -0.05) is 37.6 Å². The molecule has 0 amide bonds. The van der Waals surface area contributed by atoms with Crippen molar-refractivity contribution in [1.82, 2.24) is 15.0 Å². The number of benzene rings is 2. The molecule has 204 valence electrons. The first-order chi connectivity index (χ1) is 17.4. The molecule has 0 saturated carbocycles. The number of nitrogens with one attached hydrogen (secondary N) is 1. The number of aryl methyl sites for hydroxylation is 1. The van der Waals surface area contributed by atoms with Crippen LogP contribution in [0.15, 0.2) is 41.2 Å². The molecule has 0 aliphatic rings. The Bertz CT molecular complexity index is 1410. The van der Waals surface area contributed by atoms with Crippen molar-refractivity contribution >= 4 is 17.4 Å². The first-order valence-corrected chi connectivity index (χ1v) is 12.2. The average Bonchev–Trinajstić information content (AvgIpc) is 2.81. The maximum absolute atomic E-state index is 13.8. The van der Waals surface area contributed by atoms with Gasteiger partial charge in [0.15, 0.2) is 5.82 Å². The van der Waals surface area contributed by atoms with Crippen LogP contribution in [0, 0.1) is 5.41 Å². The number of hydrogen-bond donors (Lipinski definition) is 1. The van der Waals surface area contributed by atoms with Gasteiger partial charge in [-0.05, 0) is 61.6 Å². The zero-order valence-electron chi connectivity index (χ0n) is 21.4. The van der Waals surface area contributed by atoms with E-state index in [1.165, 1.54) is 32.0 Å². The molecule has 3 rings (SSSR count). The van der Waals surface area contributed by atoms with E-state index >= 15 is 0 Å². The second-order valence-corrected chi connectivity index (χ2v) is 10.4. The number of aromatic amines is 1. The molecule has 0 spiro atoms. The van der Waals surface area contributed by atoms with E-state index in [1.54, 1.807) is 26.0 Å². The zero-order valence-corrected chi connectivity index (χ0v) is 22.2. The van der Waals surface area contributed by atoms with E-state index in [9.17, 15) is 31.5 Å². The lowest BCUT2D eigenvalue weighted by atomic mass is 9.80. The van der Waals surface area contributed by atoms with Crippen LogP contribution in [0.3, 0.4) is 0 Å². The Morgan fingerprint density at radius 2 is 1.66 bits per heavy atom. The Labute approximate surface area is 221 Å². The van der Waals surface area contributed by atoms with E-state index in [1.807, 2.05) is 0 Å². The number of Topliss-reactive ketones (excluding diaryl/α,β-unsaturated/α-hetero) is 1. The zero-order chi connectivity index (χ0) is 28.6. The molecule has 0 bridgehead atoms. The summed E-state index contributed by atoms with van der Waals surface area (Å²) >= 11 is 6.34. The number of ketones is 1. The summed E-state index contributed by atoms with van der Waals surface area (Å²) in [6, 6.07) is 8.15. The molecular formula is C27H27ClF5N3O2. The van der Waals surface area contributed by atoms with Crippen molar-refractivity contribution in [2.45, 2.75) is 65.5 Å². The second-order valence-electron chi connectivity index (χ2n) is 10.0. The van der Waals surface area contributed by atoms with Gasteiger partial charge < -0.3 is 0 Å². The maximum Gasteiger partial charge on any atom is 0.416 e. The van der Waals surface area contributed by atoms with Gasteiger partial charge in [0.05, 0.1) is 16.0 Å². The van der Waals surface area contributed by atoms with Crippen molar-refractivity contribution < 1.29 is 26.7 Å². The van der Waals surface area contributed by atoms with Gasteiger partial charge in [0.2, 0.25) is 0 Å². The van der Waals surface area contributed by atoms with Crippen molar-refractivity contribution in [3.8, 4) is 22.8 Å². The Kier molecular flexibility index (Phi) is 8.17. The molecule has 1 aromatic heterocycles. The summed E-state index contributed by atoms with van der Waals surface area (Å²) in [6.45, 7) is 6.34. The summed E-state index contributed by atoms with van der Waals surface area (Å²) in [7, 11) is 0. The van der Waals surface area contributed by atoms with Crippen LogP contribution in [0.5, 0.6) is 0 Å². The summed E-state index contributed by atoms with van der Waals surface area (Å²) in [5, 5.41) is 0.205. The van der Waals surface area contributed by atoms with Gasteiger partial charge in [-0.25, -0.2) is 18.6 Å². The van der Waals surface area contributed by atoms with E-state index < -0.39 is 40.5 Å². The lowest BCUT2D eigenvalue weighted by Gasteiger charge is -2.29. The van der Waals surface area contributed by atoms with Crippen LogP contribution < -0.4 is 5.69 Å². The number of alkyl halides is 5. The van der Waals surface area contributed by atoms with Crippen LogP contribution >= 0.6 is 11.6 Å². The fourth-order valence-electron chi connectivity index (χ4n) is 3.80. The summed E-state index contributed by atoms with van der Waals surface area (Å²) in [6.07, 6.45) is -4.55. The highest BCUT2D eigenvalue weighted by Gasteiger charge is 2.47. The van der Waals surface area contributed by atoms with Gasteiger partial charge in [0.1, 0.15) is 11.6 Å². The molecule has 5 nitrogen and oxygen atoms in total. The normalized spacial score (nSPS) is 12.7. The quantitative estimate of drug-likeness (QED) is 0.292. The molecule has 0 unspecified atom stereocenters. The Morgan fingerprint density at radius 1 is 1.00 bits per heavy atom. The minimum Gasteiger partial charge on any atom is -0.299 e. The van der Waals surface area contributed by atoms with Crippen LogP contribution in [0.1, 0.15) is 63.6 Å². The fourth-order valence-corrected chi connectivity index (χ4v) is 4.01. The number of aromatic nitrogens is 3. The van der Waals surface area contributed by atoms with Crippen LogP contribution in [0.25, 0.3) is 22.8 Å². The molecule has 0 fully saturated rings. The molecule has 0 aliphatic heterocycles. The van der Waals surface area contributed by atoms with Crippen molar-refractivity contribution in [3.63, 3.8) is 0 Å². The Hall–Kier alpha value is -3.14. The number of carbonyl (C=O) groups is 1. The highest BCUT2D eigenvalue weighted by Crippen LogP contribution is 2.39. The van der Waals surface area contributed by atoms with E-state index in [0.29, 0.717) is 12.5 Å². The van der Waals surface area contributed by atoms with Crippen molar-refractivity contribution in [3.05, 3.63) is 68.6 Å². The standard InChI is InChI=1S/C27H27ClF5N3O2/c1-14(2)17-13-16(8-9-19(17)27(31,32)33)22-34-23(36-24(38)35-22)18-12-15(6-10-20(18)28)7-11-21(37)25(3,4)26(5,29)30/h6,8-10,12-14H,7,11H2,1-5H3,(H,34,35,36,38). The maximum atomic E-state index is 13.8. The number of halogens is 6. The predicted octanol–water partition coefficient (Wildman–Crippen LogP) is 7.48. The fraction of sp³-hybridized carbons (Fsp3) is 0.407. The van der Waals surface area contributed by atoms with Gasteiger partial charge in [0, 0.05) is 24.5 Å². The lowest BCUT2D eigenvalue weighted by molar-refractivity contribution is -0.149. The molecule has 2 aromatic carbocycles. The summed E-state index contributed by atoms with van der Waals surface area (Å²) < 4.78 is 68.0. The highest BCUT2D eigenvalue weighted by atomic mass is 35.5. The molecule has 0 aliphatic carbocycles. The summed E-state index contributed by atoms with van der Waals surface area (Å²) in [5.41, 5.74) is -2.29. The van der Waals surface area contributed by atoms with E-state index in [-0.39, 0.29) is 46.2 Å². The Morgan fingerprint density at radius 3 is 2.24 bits per heavy atom. The minimum absolute atomic E-state index is 0.0181. The number of rotatable bonds is 8. The minimum atomic E-state index is -4.55. The molecule has 1 heterocycles. The van der Waals surface area contributed by atoms with E-state index in [4.69, 9.17) is 11.6 Å². The molecular weight excluding hydrogens is 529 g/mol. The van der Waals surface area contributed by atoms with Crippen molar-refractivity contribution in [2.75, 3.05) is 0 Å². The van der Waals surface area contributed by atoms with Crippen LogP contribution in [0.4, 0.5) is 22.0 Å². The molecule has 0 saturated heterocycles. The molecule has 0 radical (unpaired) electrons. The number of hydrogen-bond acceptors (Lipinski definition) is 4. The van der Waals surface area contributed by atoms with Gasteiger partial charge in [-0.3, -0.25) is 9.78 Å². The third kappa shape index (κ3) is 6.28. The largest absolute Gasteiger partial charge is 0.416 e.